The molecule has 2 N–H and O–H groups in total. The van der Waals surface area contributed by atoms with Gasteiger partial charge >= 0.3 is 0 Å². The largest absolute Gasteiger partial charge is 0.491 e. The van der Waals surface area contributed by atoms with Crippen LogP contribution in [0.1, 0.15) is 11.3 Å². The second-order valence-corrected chi connectivity index (χ2v) is 4.08. The monoisotopic (exact) mass is 277 g/mol. The molecule has 0 saturated heterocycles. The summed E-state index contributed by atoms with van der Waals surface area (Å²) in [5, 5.41) is 18.9. The Morgan fingerprint density at radius 3 is 2.55 bits per heavy atom. The minimum absolute atomic E-state index is 0.0215. The van der Waals surface area contributed by atoms with Gasteiger partial charge in [-0.25, -0.2) is 0 Å². The molecular weight excluding hydrogens is 262 g/mol. The summed E-state index contributed by atoms with van der Waals surface area (Å²) in [6.07, 6.45) is 1.09. The normalized spacial score (nSPS) is 10.3. The lowest BCUT2D eigenvalue weighted by molar-refractivity contribution is 0.138. The van der Waals surface area contributed by atoms with Crippen molar-refractivity contribution in [2.75, 3.05) is 7.11 Å². The molecule has 6 nitrogen and oxygen atoms in total. The number of hydrogen-bond acceptors (Lipinski definition) is 5. The standard InChI is InChI=1S/C14H15NO5/c1-19-12-7-15(18)11(8-16)14(13(12)17)20-9-10-5-3-2-4-6-10/h2-7,16,18H,8-9H2,1H3. The lowest BCUT2D eigenvalue weighted by atomic mass is 10.2. The highest BCUT2D eigenvalue weighted by atomic mass is 16.5. The van der Waals surface area contributed by atoms with E-state index in [-0.39, 0.29) is 23.8 Å². The van der Waals surface area contributed by atoms with E-state index in [0.717, 1.165) is 11.8 Å². The number of aliphatic hydroxyl groups is 1. The first-order chi connectivity index (χ1) is 9.67. The second kappa shape index (κ2) is 6.12. The van der Waals surface area contributed by atoms with Gasteiger partial charge in [0.25, 0.3) is 5.43 Å². The summed E-state index contributed by atoms with van der Waals surface area (Å²) >= 11 is 0. The maximum Gasteiger partial charge on any atom is 0.265 e. The van der Waals surface area contributed by atoms with E-state index in [0.29, 0.717) is 4.73 Å². The smallest absolute Gasteiger partial charge is 0.265 e. The third kappa shape index (κ3) is 2.75. The third-order valence-corrected chi connectivity index (χ3v) is 2.80. The van der Waals surface area contributed by atoms with Gasteiger partial charge in [0.1, 0.15) is 12.3 Å². The van der Waals surface area contributed by atoms with Crippen LogP contribution in [-0.4, -0.2) is 22.2 Å². The van der Waals surface area contributed by atoms with Gasteiger partial charge in [0, 0.05) is 0 Å². The zero-order valence-corrected chi connectivity index (χ0v) is 10.9. The van der Waals surface area contributed by atoms with E-state index < -0.39 is 12.0 Å². The quantitative estimate of drug-likeness (QED) is 0.802. The van der Waals surface area contributed by atoms with Gasteiger partial charge in [-0.1, -0.05) is 30.3 Å². The Labute approximate surface area is 115 Å². The lowest BCUT2D eigenvalue weighted by Crippen LogP contribution is -2.18. The van der Waals surface area contributed by atoms with Crippen LogP contribution < -0.4 is 14.9 Å². The minimum Gasteiger partial charge on any atom is -0.491 e. The van der Waals surface area contributed by atoms with Crippen LogP contribution in [0, 0.1) is 0 Å². The average molecular weight is 277 g/mol. The highest BCUT2D eigenvalue weighted by molar-refractivity contribution is 5.35. The summed E-state index contributed by atoms with van der Waals surface area (Å²) in [6.45, 7) is -0.379. The number of pyridine rings is 1. The predicted octanol–water partition coefficient (Wildman–Crippen LogP) is 1.17. The summed E-state index contributed by atoms with van der Waals surface area (Å²) in [5.74, 6) is -0.189. The number of rotatable bonds is 5. The van der Waals surface area contributed by atoms with Gasteiger partial charge in [0.15, 0.2) is 11.5 Å². The second-order valence-electron chi connectivity index (χ2n) is 4.08. The van der Waals surface area contributed by atoms with Crippen LogP contribution >= 0.6 is 0 Å². The van der Waals surface area contributed by atoms with Crippen LogP contribution in [0.4, 0.5) is 0 Å². The molecule has 0 aliphatic carbocycles. The fraction of sp³-hybridized carbons (Fsp3) is 0.214. The van der Waals surface area contributed by atoms with Gasteiger partial charge in [-0.3, -0.25) is 4.79 Å². The molecule has 20 heavy (non-hydrogen) atoms. The van der Waals surface area contributed by atoms with E-state index in [2.05, 4.69) is 0 Å². The van der Waals surface area contributed by atoms with Crippen LogP contribution in [-0.2, 0) is 13.2 Å². The molecule has 0 amide bonds. The zero-order chi connectivity index (χ0) is 14.5. The molecule has 1 aromatic carbocycles. The van der Waals surface area contributed by atoms with Gasteiger partial charge in [-0.15, -0.1) is 0 Å². The molecule has 0 aliphatic rings. The van der Waals surface area contributed by atoms with E-state index >= 15 is 0 Å². The molecule has 0 atom stereocenters. The van der Waals surface area contributed by atoms with Gasteiger partial charge in [0.05, 0.1) is 19.9 Å². The number of benzene rings is 1. The molecule has 1 heterocycles. The molecule has 0 fully saturated rings. The number of aliphatic hydroxyl groups excluding tert-OH is 1. The van der Waals surface area contributed by atoms with Gasteiger partial charge in [-0.2, -0.15) is 4.73 Å². The molecule has 0 aliphatic heterocycles. The fourth-order valence-corrected chi connectivity index (χ4v) is 1.76. The Balaban J connectivity index is 2.34. The van der Waals surface area contributed by atoms with E-state index in [1.54, 1.807) is 0 Å². The maximum absolute atomic E-state index is 12.1. The van der Waals surface area contributed by atoms with Crippen molar-refractivity contribution in [2.24, 2.45) is 0 Å². The van der Waals surface area contributed by atoms with Crippen molar-refractivity contribution in [1.82, 2.24) is 4.73 Å². The number of methoxy groups -OCH3 is 1. The summed E-state index contributed by atoms with van der Waals surface area (Å²) in [6, 6.07) is 9.25. The topological polar surface area (TPSA) is 80.9 Å². The summed E-state index contributed by atoms with van der Waals surface area (Å²) in [7, 11) is 1.32. The van der Waals surface area contributed by atoms with Crippen LogP contribution in [0.5, 0.6) is 11.5 Å². The predicted molar refractivity (Wildman–Crippen MR) is 71.1 cm³/mol. The van der Waals surface area contributed by atoms with Crippen molar-refractivity contribution in [1.29, 1.82) is 0 Å². The first-order valence-electron chi connectivity index (χ1n) is 5.96. The van der Waals surface area contributed by atoms with Crippen molar-refractivity contribution in [2.45, 2.75) is 13.2 Å². The van der Waals surface area contributed by atoms with Crippen LogP contribution in [0.2, 0.25) is 0 Å². The molecule has 0 radical (unpaired) electrons. The fourth-order valence-electron chi connectivity index (χ4n) is 1.76. The molecule has 0 saturated carbocycles. The molecule has 0 bridgehead atoms. The molecule has 0 spiro atoms. The Morgan fingerprint density at radius 1 is 1.25 bits per heavy atom. The molecular formula is C14H15NO5. The molecule has 2 aromatic rings. The molecule has 2 rings (SSSR count). The van der Waals surface area contributed by atoms with E-state index in [9.17, 15) is 15.1 Å². The first kappa shape index (κ1) is 14.0. The van der Waals surface area contributed by atoms with Gasteiger partial charge in [-0.05, 0) is 5.56 Å². The highest BCUT2D eigenvalue weighted by Crippen LogP contribution is 2.18. The summed E-state index contributed by atoms with van der Waals surface area (Å²) in [5.41, 5.74) is 0.326. The summed E-state index contributed by atoms with van der Waals surface area (Å²) < 4.78 is 10.9. The Kier molecular flexibility index (Phi) is 4.27. The highest BCUT2D eigenvalue weighted by Gasteiger charge is 2.17. The number of aromatic nitrogens is 1. The Hall–Kier alpha value is -2.47. The first-order valence-corrected chi connectivity index (χ1v) is 5.96. The van der Waals surface area contributed by atoms with Crippen molar-refractivity contribution in [3.05, 3.63) is 58.0 Å². The number of nitrogens with zero attached hydrogens (tertiary/aromatic N) is 1. The zero-order valence-electron chi connectivity index (χ0n) is 10.9. The van der Waals surface area contributed by atoms with Crippen LogP contribution in [0.3, 0.4) is 0 Å². The Morgan fingerprint density at radius 2 is 1.95 bits per heavy atom. The van der Waals surface area contributed by atoms with Gasteiger partial charge < -0.3 is 19.8 Å². The Bertz CT molecular complexity index is 636. The van der Waals surface area contributed by atoms with E-state index in [1.807, 2.05) is 30.3 Å². The molecule has 6 heteroatoms. The van der Waals surface area contributed by atoms with Crippen molar-refractivity contribution < 1.29 is 19.8 Å². The SMILES string of the molecule is COc1cn(O)c(CO)c(OCc2ccccc2)c1=O. The van der Waals surface area contributed by atoms with E-state index in [4.69, 9.17) is 9.47 Å². The van der Waals surface area contributed by atoms with Crippen molar-refractivity contribution in [3.8, 4) is 11.5 Å². The van der Waals surface area contributed by atoms with E-state index in [1.165, 1.54) is 7.11 Å². The molecule has 106 valence electrons. The van der Waals surface area contributed by atoms with Gasteiger partial charge in [0.2, 0.25) is 0 Å². The van der Waals surface area contributed by atoms with Crippen LogP contribution in [0.15, 0.2) is 41.3 Å². The maximum atomic E-state index is 12.1. The van der Waals surface area contributed by atoms with Crippen molar-refractivity contribution >= 4 is 0 Å². The number of hydrogen-bond donors (Lipinski definition) is 2. The van der Waals surface area contributed by atoms with Crippen LogP contribution in [0.25, 0.3) is 0 Å². The molecule has 0 unspecified atom stereocenters. The molecule has 1 aromatic heterocycles. The average Bonchev–Trinajstić information content (AvgIpc) is 2.48. The van der Waals surface area contributed by atoms with Crippen molar-refractivity contribution in [3.63, 3.8) is 0 Å². The minimum atomic E-state index is -0.528. The third-order valence-electron chi connectivity index (χ3n) is 2.80. The summed E-state index contributed by atoms with van der Waals surface area (Å²) in [4.78, 5) is 12.1. The number of ether oxygens (including phenoxy) is 2. The lowest BCUT2D eigenvalue weighted by Gasteiger charge is -2.13.